The highest BCUT2D eigenvalue weighted by Gasteiger charge is 2.33. The fraction of sp³-hybridized carbons (Fsp3) is 0.263. The number of esters is 1. The number of benzene rings is 2. The standard InChI is InChI=1S/C19H18Cl2N2O3/c20-14-6-7-15(21)16(10-14)22-18(24)11-17-19(25)26-9-8-23(17)12-13-4-2-1-3-5-13/h1-7,10,17H,8-9,11-12H2,(H,22,24)/t17-/m1/s1. The van der Waals surface area contributed by atoms with Gasteiger partial charge in [0.25, 0.3) is 0 Å². The van der Waals surface area contributed by atoms with Crippen molar-refractivity contribution < 1.29 is 14.3 Å². The molecule has 0 unspecified atom stereocenters. The Hall–Kier alpha value is -2.08. The van der Waals surface area contributed by atoms with Crippen molar-refractivity contribution >= 4 is 40.8 Å². The number of anilines is 1. The zero-order valence-corrected chi connectivity index (χ0v) is 15.5. The van der Waals surface area contributed by atoms with Crippen molar-refractivity contribution in [2.75, 3.05) is 18.5 Å². The normalized spacial score (nSPS) is 17.6. The molecule has 1 N–H and O–H groups in total. The number of carbonyl (C=O) groups excluding carboxylic acids is 2. The maximum absolute atomic E-state index is 12.4. The van der Waals surface area contributed by atoms with Gasteiger partial charge >= 0.3 is 5.97 Å². The first-order chi connectivity index (χ1) is 12.5. The van der Waals surface area contributed by atoms with Crippen LogP contribution < -0.4 is 5.32 Å². The first-order valence-corrected chi connectivity index (χ1v) is 8.98. The van der Waals surface area contributed by atoms with Gasteiger partial charge in [0.05, 0.1) is 17.1 Å². The van der Waals surface area contributed by atoms with Gasteiger partial charge in [0, 0.05) is 18.1 Å². The van der Waals surface area contributed by atoms with Crippen molar-refractivity contribution in [1.82, 2.24) is 4.90 Å². The van der Waals surface area contributed by atoms with E-state index in [-0.39, 0.29) is 18.3 Å². The van der Waals surface area contributed by atoms with E-state index in [1.54, 1.807) is 18.2 Å². The zero-order valence-electron chi connectivity index (χ0n) is 14.0. The molecule has 1 heterocycles. The summed E-state index contributed by atoms with van der Waals surface area (Å²) in [5.74, 6) is -0.712. The summed E-state index contributed by atoms with van der Waals surface area (Å²) >= 11 is 12.0. The van der Waals surface area contributed by atoms with Gasteiger partial charge in [0.15, 0.2) is 0 Å². The van der Waals surface area contributed by atoms with E-state index >= 15 is 0 Å². The van der Waals surface area contributed by atoms with Crippen molar-refractivity contribution in [1.29, 1.82) is 0 Å². The number of nitrogens with one attached hydrogen (secondary N) is 1. The van der Waals surface area contributed by atoms with Gasteiger partial charge in [-0.15, -0.1) is 0 Å². The smallest absolute Gasteiger partial charge is 0.323 e. The molecule has 1 fully saturated rings. The van der Waals surface area contributed by atoms with E-state index in [4.69, 9.17) is 27.9 Å². The molecule has 26 heavy (non-hydrogen) atoms. The largest absolute Gasteiger partial charge is 0.463 e. The molecule has 7 heteroatoms. The van der Waals surface area contributed by atoms with E-state index in [9.17, 15) is 9.59 Å². The molecule has 0 aromatic heterocycles. The van der Waals surface area contributed by atoms with Crippen LogP contribution in [0.15, 0.2) is 48.5 Å². The van der Waals surface area contributed by atoms with E-state index in [0.717, 1.165) is 5.56 Å². The van der Waals surface area contributed by atoms with Gasteiger partial charge in [-0.1, -0.05) is 53.5 Å². The van der Waals surface area contributed by atoms with Crippen LogP contribution in [0.3, 0.4) is 0 Å². The van der Waals surface area contributed by atoms with E-state index in [1.165, 1.54) is 0 Å². The molecule has 1 aliphatic rings. The molecule has 2 aromatic carbocycles. The van der Waals surface area contributed by atoms with Gasteiger partial charge in [0.1, 0.15) is 12.6 Å². The summed E-state index contributed by atoms with van der Waals surface area (Å²) in [5, 5.41) is 3.56. The number of carbonyl (C=O) groups is 2. The fourth-order valence-electron chi connectivity index (χ4n) is 2.85. The summed E-state index contributed by atoms with van der Waals surface area (Å²) in [6.07, 6.45) is -0.0193. The molecule has 1 amide bonds. The van der Waals surface area contributed by atoms with Crippen LogP contribution in [-0.4, -0.2) is 36.0 Å². The summed E-state index contributed by atoms with van der Waals surface area (Å²) < 4.78 is 5.14. The Morgan fingerprint density at radius 3 is 2.73 bits per heavy atom. The number of nitrogens with zero attached hydrogens (tertiary/aromatic N) is 1. The molecule has 1 aliphatic heterocycles. The van der Waals surface area contributed by atoms with Gasteiger partial charge in [-0.2, -0.15) is 0 Å². The van der Waals surface area contributed by atoms with E-state index in [0.29, 0.717) is 35.4 Å². The Kier molecular flexibility index (Phi) is 6.14. The van der Waals surface area contributed by atoms with Gasteiger partial charge in [-0.3, -0.25) is 14.5 Å². The third kappa shape index (κ3) is 4.75. The number of amides is 1. The molecule has 0 aliphatic carbocycles. The van der Waals surface area contributed by atoms with Crippen LogP contribution >= 0.6 is 23.2 Å². The second kappa shape index (κ2) is 8.54. The Morgan fingerprint density at radius 1 is 1.19 bits per heavy atom. The second-order valence-corrected chi connectivity index (χ2v) is 6.86. The lowest BCUT2D eigenvalue weighted by Gasteiger charge is -2.33. The number of halogens is 2. The van der Waals surface area contributed by atoms with Crippen molar-refractivity contribution in [3.63, 3.8) is 0 Å². The van der Waals surface area contributed by atoms with Crippen LogP contribution in [0.1, 0.15) is 12.0 Å². The van der Waals surface area contributed by atoms with E-state index < -0.39 is 6.04 Å². The summed E-state index contributed by atoms with van der Waals surface area (Å²) in [6, 6.07) is 14.0. The minimum absolute atomic E-state index is 0.0193. The molecule has 0 bridgehead atoms. The molecular formula is C19H18Cl2N2O3. The van der Waals surface area contributed by atoms with Crippen molar-refractivity contribution in [3.8, 4) is 0 Å². The molecule has 1 saturated heterocycles. The topological polar surface area (TPSA) is 58.6 Å². The second-order valence-electron chi connectivity index (χ2n) is 6.02. The highest BCUT2D eigenvalue weighted by Crippen LogP contribution is 2.26. The third-order valence-corrected chi connectivity index (χ3v) is 4.71. The summed E-state index contributed by atoms with van der Waals surface area (Å²) in [4.78, 5) is 26.6. The van der Waals surface area contributed by atoms with Crippen LogP contribution in [0.4, 0.5) is 5.69 Å². The van der Waals surface area contributed by atoms with E-state index in [1.807, 2.05) is 35.2 Å². The number of morpholine rings is 1. The molecule has 0 radical (unpaired) electrons. The maximum Gasteiger partial charge on any atom is 0.323 e. The average Bonchev–Trinajstić information content (AvgIpc) is 2.62. The van der Waals surface area contributed by atoms with Crippen LogP contribution in [0, 0.1) is 0 Å². The molecule has 136 valence electrons. The Bertz CT molecular complexity index is 799. The number of ether oxygens (including phenoxy) is 1. The zero-order chi connectivity index (χ0) is 18.5. The van der Waals surface area contributed by atoms with Crippen LogP contribution in [-0.2, 0) is 20.9 Å². The monoisotopic (exact) mass is 392 g/mol. The minimum Gasteiger partial charge on any atom is -0.463 e. The minimum atomic E-state index is -0.637. The molecule has 2 aromatic rings. The van der Waals surface area contributed by atoms with Gasteiger partial charge < -0.3 is 10.1 Å². The van der Waals surface area contributed by atoms with Crippen molar-refractivity contribution in [2.45, 2.75) is 19.0 Å². The maximum atomic E-state index is 12.4. The van der Waals surface area contributed by atoms with Crippen LogP contribution in [0.25, 0.3) is 0 Å². The molecular weight excluding hydrogens is 375 g/mol. The SMILES string of the molecule is O=C(C[C@@H]1C(=O)OCCN1Cc1ccccc1)Nc1cc(Cl)ccc1Cl. The molecule has 0 spiro atoms. The number of hydrogen-bond acceptors (Lipinski definition) is 4. The quantitative estimate of drug-likeness (QED) is 0.787. The Balaban J connectivity index is 1.69. The summed E-state index contributed by atoms with van der Waals surface area (Å²) in [6.45, 7) is 1.48. The fourth-order valence-corrected chi connectivity index (χ4v) is 3.19. The predicted octanol–water partition coefficient (Wildman–Crippen LogP) is 3.75. The molecule has 0 saturated carbocycles. The average molecular weight is 393 g/mol. The highest BCUT2D eigenvalue weighted by molar-refractivity contribution is 6.35. The van der Waals surface area contributed by atoms with Crippen LogP contribution in [0.2, 0.25) is 10.0 Å². The van der Waals surface area contributed by atoms with Crippen molar-refractivity contribution in [3.05, 3.63) is 64.1 Å². The number of cyclic esters (lactones) is 1. The first-order valence-electron chi connectivity index (χ1n) is 8.22. The molecule has 5 nitrogen and oxygen atoms in total. The van der Waals surface area contributed by atoms with Gasteiger partial charge in [-0.25, -0.2) is 0 Å². The van der Waals surface area contributed by atoms with Crippen molar-refractivity contribution in [2.24, 2.45) is 0 Å². The third-order valence-electron chi connectivity index (χ3n) is 4.15. The molecule has 3 rings (SSSR count). The Morgan fingerprint density at radius 2 is 1.96 bits per heavy atom. The highest BCUT2D eigenvalue weighted by atomic mass is 35.5. The van der Waals surface area contributed by atoms with Crippen LogP contribution in [0.5, 0.6) is 0 Å². The van der Waals surface area contributed by atoms with Gasteiger partial charge in [-0.05, 0) is 23.8 Å². The number of rotatable bonds is 5. The summed E-state index contributed by atoms with van der Waals surface area (Å²) in [5.41, 5.74) is 1.49. The lowest BCUT2D eigenvalue weighted by atomic mass is 10.1. The Labute approximate surface area is 161 Å². The summed E-state index contributed by atoms with van der Waals surface area (Å²) in [7, 11) is 0. The first kappa shape index (κ1) is 18.7. The predicted molar refractivity (Wildman–Crippen MR) is 101 cm³/mol. The number of hydrogen-bond donors (Lipinski definition) is 1. The lowest BCUT2D eigenvalue weighted by molar-refractivity contribution is -0.159. The lowest BCUT2D eigenvalue weighted by Crippen LogP contribution is -2.49. The van der Waals surface area contributed by atoms with E-state index in [2.05, 4.69) is 5.32 Å². The van der Waals surface area contributed by atoms with Gasteiger partial charge in [0.2, 0.25) is 5.91 Å². The molecule has 1 atom stereocenters.